The van der Waals surface area contributed by atoms with Crippen LogP contribution in [0.4, 0.5) is 0 Å². The van der Waals surface area contributed by atoms with E-state index in [-0.39, 0.29) is 24.1 Å². The zero-order valence-electron chi connectivity index (χ0n) is 19.9. The maximum absolute atomic E-state index is 12.7. The standard InChI is InChI=1S/C25H26N2O7S/c1-15-11-21-23(25(29)33-15)20(14-22(28)26-9-10-35(30,31)27(2)3)24(34-21)18-6-5-17-13-19(32-4)8-7-16(17)12-18/h5-8,11-13H,9-10,14H2,1-4H3,(H,26,28). The van der Waals surface area contributed by atoms with E-state index in [1.165, 1.54) is 14.1 Å². The number of fused-ring (bicyclic) bond motifs is 2. The summed E-state index contributed by atoms with van der Waals surface area (Å²) in [6.07, 6.45) is -0.182. The number of carbonyl (C=O) groups is 1. The summed E-state index contributed by atoms with van der Waals surface area (Å²) < 4.78 is 41.6. The van der Waals surface area contributed by atoms with Crippen LogP contribution in [0.25, 0.3) is 33.1 Å². The highest BCUT2D eigenvalue weighted by Gasteiger charge is 2.23. The van der Waals surface area contributed by atoms with Crippen molar-refractivity contribution in [3.8, 4) is 17.1 Å². The van der Waals surface area contributed by atoms with Gasteiger partial charge in [0.1, 0.15) is 28.2 Å². The molecule has 0 aliphatic heterocycles. The summed E-state index contributed by atoms with van der Waals surface area (Å²) in [4.78, 5) is 25.4. The molecule has 0 saturated carbocycles. The third-order valence-corrected chi connectivity index (χ3v) is 7.54. The smallest absolute Gasteiger partial charge is 0.347 e. The molecule has 0 saturated heterocycles. The Morgan fingerprint density at radius 3 is 2.49 bits per heavy atom. The van der Waals surface area contributed by atoms with Gasteiger partial charge >= 0.3 is 5.63 Å². The van der Waals surface area contributed by atoms with Gasteiger partial charge in [0.05, 0.1) is 19.3 Å². The summed E-state index contributed by atoms with van der Waals surface area (Å²) in [6.45, 7) is 1.58. The molecule has 0 radical (unpaired) electrons. The highest BCUT2D eigenvalue weighted by Crippen LogP contribution is 2.35. The number of benzene rings is 2. The number of methoxy groups -OCH3 is 1. The first-order chi connectivity index (χ1) is 16.6. The Labute approximate surface area is 202 Å². The number of furan rings is 1. The lowest BCUT2D eigenvalue weighted by atomic mass is 10.0. The van der Waals surface area contributed by atoms with Crippen LogP contribution in [0.1, 0.15) is 11.3 Å². The van der Waals surface area contributed by atoms with Crippen molar-refractivity contribution in [2.75, 3.05) is 33.5 Å². The monoisotopic (exact) mass is 498 g/mol. The number of ether oxygens (including phenoxy) is 1. The Hall–Kier alpha value is -3.63. The summed E-state index contributed by atoms with van der Waals surface area (Å²) in [6, 6.07) is 12.9. The van der Waals surface area contributed by atoms with E-state index in [0.717, 1.165) is 20.8 Å². The number of nitrogens with zero attached hydrogens (tertiary/aromatic N) is 1. The summed E-state index contributed by atoms with van der Waals surface area (Å²) in [5, 5.41) is 4.69. The molecule has 0 atom stereocenters. The number of aryl methyl sites for hydroxylation is 1. The lowest BCUT2D eigenvalue weighted by Crippen LogP contribution is -2.34. The molecule has 9 nitrogen and oxygen atoms in total. The van der Waals surface area contributed by atoms with Crippen LogP contribution in [0.2, 0.25) is 0 Å². The Kier molecular flexibility index (Phi) is 6.68. The highest BCUT2D eigenvalue weighted by atomic mass is 32.2. The SMILES string of the molecule is COc1ccc2cc(-c3oc4cc(C)oc(=O)c4c3CC(=O)NCCS(=O)(=O)N(C)C)ccc2c1. The molecule has 0 fully saturated rings. The number of sulfonamides is 1. The minimum Gasteiger partial charge on any atom is -0.497 e. The Balaban J connectivity index is 1.72. The zero-order valence-corrected chi connectivity index (χ0v) is 20.7. The van der Waals surface area contributed by atoms with E-state index in [0.29, 0.717) is 28.2 Å². The van der Waals surface area contributed by atoms with Crippen molar-refractivity contribution in [2.24, 2.45) is 0 Å². The normalized spacial score (nSPS) is 11.9. The maximum atomic E-state index is 12.7. The fourth-order valence-electron chi connectivity index (χ4n) is 3.84. The molecule has 4 rings (SSSR count). The van der Waals surface area contributed by atoms with E-state index in [1.54, 1.807) is 20.1 Å². The van der Waals surface area contributed by atoms with E-state index < -0.39 is 21.6 Å². The van der Waals surface area contributed by atoms with Gasteiger partial charge in [-0.2, -0.15) is 0 Å². The van der Waals surface area contributed by atoms with Crippen LogP contribution in [0, 0.1) is 6.92 Å². The largest absolute Gasteiger partial charge is 0.497 e. The molecule has 1 N–H and O–H groups in total. The first-order valence-electron chi connectivity index (χ1n) is 10.9. The molecule has 4 aromatic rings. The van der Waals surface area contributed by atoms with Crippen molar-refractivity contribution >= 4 is 37.7 Å². The molecule has 2 aromatic carbocycles. The van der Waals surface area contributed by atoms with Crippen molar-refractivity contribution in [3.05, 3.63) is 64.2 Å². The minimum atomic E-state index is -3.45. The van der Waals surface area contributed by atoms with Crippen LogP contribution in [-0.4, -0.2) is 52.1 Å². The summed E-state index contributed by atoms with van der Waals surface area (Å²) in [5.74, 6) is 0.828. The van der Waals surface area contributed by atoms with Crippen molar-refractivity contribution in [3.63, 3.8) is 0 Å². The molecular weight excluding hydrogens is 472 g/mol. The quantitative estimate of drug-likeness (QED) is 0.396. The molecule has 35 heavy (non-hydrogen) atoms. The Morgan fingerprint density at radius 2 is 1.77 bits per heavy atom. The molecular formula is C25H26N2O7S. The van der Waals surface area contributed by atoms with Crippen LogP contribution in [0.15, 0.2) is 56.1 Å². The molecule has 0 aliphatic carbocycles. The van der Waals surface area contributed by atoms with Crippen LogP contribution >= 0.6 is 0 Å². The predicted molar refractivity (Wildman–Crippen MR) is 133 cm³/mol. The first kappa shape index (κ1) is 24.5. The average Bonchev–Trinajstić information content (AvgIpc) is 3.16. The minimum absolute atomic E-state index is 0.0595. The van der Waals surface area contributed by atoms with Gasteiger partial charge in [0.2, 0.25) is 15.9 Å². The second-order valence-electron chi connectivity index (χ2n) is 8.35. The first-order valence-corrected chi connectivity index (χ1v) is 12.5. The number of hydrogen-bond acceptors (Lipinski definition) is 7. The van der Waals surface area contributed by atoms with Gasteiger partial charge in [0.25, 0.3) is 0 Å². The second kappa shape index (κ2) is 9.55. The molecule has 184 valence electrons. The Bertz CT molecular complexity index is 1580. The number of nitrogens with one attached hydrogen (secondary N) is 1. The summed E-state index contributed by atoms with van der Waals surface area (Å²) in [7, 11) is 1.01. The number of carbonyl (C=O) groups excluding carboxylic acids is 1. The van der Waals surface area contributed by atoms with Gasteiger partial charge in [-0.05, 0) is 35.9 Å². The number of rotatable bonds is 8. The third-order valence-electron chi connectivity index (χ3n) is 5.71. The molecule has 0 unspecified atom stereocenters. The topological polar surface area (TPSA) is 119 Å². The van der Waals surface area contributed by atoms with Gasteiger partial charge in [-0.25, -0.2) is 17.5 Å². The van der Waals surface area contributed by atoms with Crippen LogP contribution in [0.5, 0.6) is 5.75 Å². The number of hydrogen-bond donors (Lipinski definition) is 1. The van der Waals surface area contributed by atoms with Crippen LogP contribution in [0.3, 0.4) is 0 Å². The Morgan fingerprint density at radius 1 is 1.06 bits per heavy atom. The van der Waals surface area contributed by atoms with Gasteiger partial charge in [-0.1, -0.05) is 18.2 Å². The van der Waals surface area contributed by atoms with Crippen molar-refractivity contribution in [1.29, 1.82) is 0 Å². The van der Waals surface area contributed by atoms with Crippen molar-refractivity contribution in [1.82, 2.24) is 9.62 Å². The van der Waals surface area contributed by atoms with Crippen molar-refractivity contribution < 1.29 is 26.8 Å². The fourth-order valence-corrected chi connectivity index (χ4v) is 4.57. The van der Waals surface area contributed by atoms with E-state index in [1.807, 2.05) is 36.4 Å². The summed E-state index contributed by atoms with van der Waals surface area (Å²) in [5.41, 5.74) is 0.795. The van der Waals surface area contributed by atoms with Gasteiger partial charge in [0, 0.05) is 37.8 Å². The van der Waals surface area contributed by atoms with Gasteiger partial charge < -0.3 is 18.9 Å². The zero-order chi connectivity index (χ0) is 25.3. The van der Waals surface area contributed by atoms with Gasteiger partial charge in [-0.15, -0.1) is 0 Å². The lowest BCUT2D eigenvalue weighted by molar-refractivity contribution is -0.120. The molecule has 0 bridgehead atoms. The second-order valence-corrected chi connectivity index (χ2v) is 10.6. The molecule has 0 aliphatic rings. The molecule has 1 amide bonds. The van der Waals surface area contributed by atoms with E-state index in [4.69, 9.17) is 13.6 Å². The van der Waals surface area contributed by atoms with Gasteiger partial charge in [-0.3, -0.25) is 4.79 Å². The van der Waals surface area contributed by atoms with Crippen molar-refractivity contribution in [2.45, 2.75) is 13.3 Å². The predicted octanol–water partition coefficient (Wildman–Crippen LogP) is 3.07. The van der Waals surface area contributed by atoms with Crippen LogP contribution < -0.4 is 15.7 Å². The lowest BCUT2D eigenvalue weighted by Gasteiger charge is -2.11. The third kappa shape index (κ3) is 5.08. The van der Waals surface area contributed by atoms with Crippen LogP contribution in [-0.2, 0) is 21.2 Å². The van der Waals surface area contributed by atoms with E-state index >= 15 is 0 Å². The number of amides is 1. The average molecular weight is 499 g/mol. The maximum Gasteiger partial charge on any atom is 0.347 e. The van der Waals surface area contributed by atoms with Gasteiger partial charge in [0.15, 0.2) is 0 Å². The molecule has 10 heteroatoms. The molecule has 2 heterocycles. The van der Waals surface area contributed by atoms with E-state index in [9.17, 15) is 18.0 Å². The summed E-state index contributed by atoms with van der Waals surface area (Å²) >= 11 is 0. The molecule has 0 spiro atoms. The fraction of sp³-hybridized carbons (Fsp3) is 0.280. The molecule has 2 aromatic heterocycles. The highest BCUT2D eigenvalue weighted by molar-refractivity contribution is 7.89. The van der Waals surface area contributed by atoms with E-state index in [2.05, 4.69) is 5.32 Å².